The van der Waals surface area contributed by atoms with Crippen LogP contribution < -0.4 is 5.32 Å². The summed E-state index contributed by atoms with van der Waals surface area (Å²) in [5, 5.41) is 6.50. The van der Waals surface area contributed by atoms with Crippen molar-refractivity contribution in [3.05, 3.63) is 0 Å². The largest absolute Gasteiger partial charge is 0.382 e. The molecule has 1 saturated heterocycles. The number of hydrogen-bond acceptors (Lipinski definition) is 4. The van der Waals surface area contributed by atoms with Crippen molar-refractivity contribution in [3.63, 3.8) is 0 Å². The third kappa shape index (κ3) is 2.72. The second-order valence-corrected chi connectivity index (χ2v) is 5.59. The molecule has 0 saturated carbocycles. The van der Waals surface area contributed by atoms with Crippen molar-refractivity contribution < 1.29 is 14.4 Å². The van der Waals surface area contributed by atoms with Gasteiger partial charge in [-0.2, -0.15) is 0 Å². The van der Waals surface area contributed by atoms with Gasteiger partial charge in [0.15, 0.2) is 0 Å². The summed E-state index contributed by atoms with van der Waals surface area (Å²) in [6, 6.07) is 0. The molecule has 0 spiro atoms. The number of nitrogens with zero attached hydrogens (tertiary/aromatic N) is 2. The van der Waals surface area contributed by atoms with Crippen LogP contribution in [0.15, 0.2) is 5.16 Å². The SMILES string of the molecule is CNC(=O)C1(C)CCN(C(=O)[C@@H]2CC(C)=NO2)CC1. The van der Waals surface area contributed by atoms with E-state index in [-0.39, 0.29) is 17.2 Å². The number of nitrogens with one attached hydrogen (secondary N) is 1. The number of hydrogen-bond donors (Lipinski definition) is 1. The van der Waals surface area contributed by atoms with Crippen LogP contribution in [-0.2, 0) is 14.4 Å². The molecule has 1 atom stereocenters. The molecule has 2 rings (SSSR count). The molecule has 0 aromatic carbocycles. The second-order valence-electron chi connectivity index (χ2n) is 5.59. The number of rotatable bonds is 2. The summed E-state index contributed by atoms with van der Waals surface area (Å²) < 4.78 is 0. The minimum absolute atomic E-state index is 0.0143. The third-order valence-electron chi connectivity index (χ3n) is 4.05. The number of amides is 2. The van der Waals surface area contributed by atoms with Crippen molar-refractivity contribution in [1.29, 1.82) is 0 Å². The lowest BCUT2D eigenvalue weighted by molar-refractivity contribution is -0.147. The van der Waals surface area contributed by atoms with E-state index in [0.717, 1.165) is 5.71 Å². The van der Waals surface area contributed by atoms with Crippen molar-refractivity contribution in [1.82, 2.24) is 10.2 Å². The predicted molar refractivity (Wildman–Crippen MR) is 70.6 cm³/mol. The van der Waals surface area contributed by atoms with Crippen LogP contribution in [0.1, 0.15) is 33.1 Å². The standard InChI is InChI=1S/C13H21N3O3/c1-9-8-10(19-15-9)11(17)16-6-4-13(2,5-7-16)12(18)14-3/h10H,4-8H2,1-3H3,(H,14,18)/t10-/m0/s1. The van der Waals surface area contributed by atoms with Crippen LogP contribution in [0.25, 0.3) is 0 Å². The zero-order valence-electron chi connectivity index (χ0n) is 11.7. The molecular formula is C13H21N3O3. The topological polar surface area (TPSA) is 71.0 Å². The Morgan fingerprint density at radius 2 is 2.05 bits per heavy atom. The summed E-state index contributed by atoms with van der Waals surface area (Å²) >= 11 is 0. The predicted octanol–water partition coefficient (Wildman–Crippen LogP) is 0.526. The maximum absolute atomic E-state index is 12.2. The monoisotopic (exact) mass is 267 g/mol. The quantitative estimate of drug-likeness (QED) is 0.793. The second kappa shape index (κ2) is 5.19. The van der Waals surface area contributed by atoms with Crippen LogP contribution in [0.5, 0.6) is 0 Å². The lowest BCUT2D eigenvalue weighted by Gasteiger charge is -2.38. The average molecular weight is 267 g/mol. The van der Waals surface area contributed by atoms with Gasteiger partial charge in [-0.1, -0.05) is 12.1 Å². The Morgan fingerprint density at radius 3 is 2.53 bits per heavy atom. The van der Waals surface area contributed by atoms with Gasteiger partial charge in [-0.15, -0.1) is 0 Å². The lowest BCUT2D eigenvalue weighted by atomic mass is 9.79. The normalized spacial score (nSPS) is 25.5. The maximum Gasteiger partial charge on any atom is 0.266 e. The van der Waals surface area contributed by atoms with Crippen LogP contribution >= 0.6 is 0 Å². The number of piperidine rings is 1. The van der Waals surface area contributed by atoms with E-state index in [0.29, 0.717) is 32.4 Å². The summed E-state index contributed by atoms with van der Waals surface area (Å²) in [5.41, 5.74) is 0.486. The fraction of sp³-hybridized carbons (Fsp3) is 0.769. The van der Waals surface area contributed by atoms with Crippen molar-refractivity contribution in [2.24, 2.45) is 10.6 Å². The van der Waals surface area contributed by atoms with Crippen LogP contribution in [0.2, 0.25) is 0 Å². The van der Waals surface area contributed by atoms with E-state index in [1.165, 1.54) is 0 Å². The van der Waals surface area contributed by atoms with Crippen molar-refractivity contribution in [3.8, 4) is 0 Å². The highest BCUT2D eigenvalue weighted by Gasteiger charge is 2.39. The van der Waals surface area contributed by atoms with Gasteiger partial charge in [0.05, 0.1) is 5.71 Å². The van der Waals surface area contributed by atoms with E-state index in [2.05, 4.69) is 10.5 Å². The van der Waals surface area contributed by atoms with Gasteiger partial charge in [-0.05, 0) is 19.8 Å². The highest BCUT2D eigenvalue weighted by molar-refractivity contribution is 5.91. The Balaban J connectivity index is 1.90. The van der Waals surface area contributed by atoms with Crippen molar-refractivity contribution >= 4 is 17.5 Å². The zero-order valence-corrected chi connectivity index (χ0v) is 11.7. The fourth-order valence-electron chi connectivity index (χ4n) is 2.58. The van der Waals surface area contributed by atoms with Crippen molar-refractivity contribution in [2.75, 3.05) is 20.1 Å². The van der Waals surface area contributed by atoms with E-state index in [1.54, 1.807) is 11.9 Å². The van der Waals surface area contributed by atoms with E-state index in [4.69, 9.17) is 4.84 Å². The Kier molecular flexibility index (Phi) is 3.78. The van der Waals surface area contributed by atoms with Gasteiger partial charge in [-0.25, -0.2) is 0 Å². The highest BCUT2D eigenvalue weighted by atomic mass is 16.6. The van der Waals surface area contributed by atoms with Crippen LogP contribution in [-0.4, -0.2) is 48.7 Å². The Morgan fingerprint density at radius 1 is 1.42 bits per heavy atom. The fourth-order valence-corrected chi connectivity index (χ4v) is 2.58. The minimum atomic E-state index is -0.468. The first kappa shape index (κ1) is 13.8. The molecule has 106 valence electrons. The minimum Gasteiger partial charge on any atom is -0.382 e. The summed E-state index contributed by atoms with van der Waals surface area (Å²) in [6.07, 6.45) is 1.47. The lowest BCUT2D eigenvalue weighted by Crippen LogP contribution is -2.50. The maximum atomic E-state index is 12.2. The highest BCUT2D eigenvalue weighted by Crippen LogP contribution is 2.31. The van der Waals surface area contributed by atoms with Gasteiger partial charge in [-0.3, -0.25) is 9.59 Å². The van der Waals surface area contributed by atoms with Gasteiger partial charge in [0.1, 0.15) is 0 Å². The summed E-state index contributed by atoms with van der Waals surface area (Å²) in [4.78, 5) is 30.9. The molecule has 1 fully saturated rings. The smallest absolute Gasteiger partial charge is 0.266 e. The molecule has 0 unspecified atom stereocenters. The van der Waals surface area contributed by atoms with Gasteiger partial charge >= 0.3 is 0 Å². The van der Waals surface area contributed by atoms with Gasteiger partial charge in [0.2, 0.25) is 12.0 Å². The summed E-state index contributed by atoms with van der Waals surface area (Å²) in [6.45, 7) is 5.00. The van der Waals surface area contributed by atoms with E-state index in [9.17, 15) is 9.59 Å². The zero-order chi connectivity index (χ0) is 14.0. The molecule has 0 aliphatic carbocycles. The molecule has 19 heavy (non-hydrogen) atoms. The molecule has 2 aliphatic rings. The van der Waals surface area contributed by atoms with Gasteiger partial charge in [0, 0.05) is 32.0 Å². The molecule has 2 amide bonds. The van der Waals surface area contributed by atoms with Crippen LogP contribution in [0.3, 0.4) is 0 Å². The number of carbonyl (C=O) groups is 2. The molecule has 2 heterocycles. The summed E-state index contributed by atoms with van der Waals surface area (Å²) in [7, 11) is 1.65. The van der Waals surface area contributed by atoms with Gasteiger partial charge in [0.25, 0.3) is 5.91 Å². The van der Waals surface area contributed by atoms with Crippen LogP contribution in [0, 0.1) is 5.41 Å². The molecule has 0 aromatic heterocycles. The molecule has 2 aliphatic heterocycles. The Labute approximate surface area is 113 Å². The average Bonchev–Trinajstić information content (AvgIpc) is 2.84. The van der Waals surface area contributed by atoms with E-state index < -0.39 is 6.10 Å². The molecule has 6 nitrogen and oxygen atoms in total. The van der Waals surface area contributed by atoms with E-state index in [1.807, 2.05) is 13.8 Å². The molecule has 0 radical (unpaired) electrons. The number of carbonyl (C=O) groups excluding carboxylic acids is 2. The van der Waals surface area contributed by atoms with Crippen LogP contribution in [0.4, 0.5) is 0 Å². The Hall–Kier alpha value is -1.59. The third-order valence-corrected chi connectivity index (χ3v) is 4.05. The van der Waals surface area contributed by atoms with E-state index >= 15 is 0 Å². The molecule has 0 aromatic rings. The number of likely N-dealkylation sites (tertiary alicyclic amines) is 1. The van der Waals surface area contributed by atoms with Gasteiger partial charge < -0.3 is 15.1 Å². The first-order chi connectivity index (χ1) is 8.96. The number of oxime groups is 1. The first-order valence-corrected chi connectivity index (χ1v) is 6.66. The molecular weight excluding hydrogens is 246 g/mol. The first-order valence-electron chi connectivity index (χ1n) is 6.66. The summed E-state index contributed by atoms with van der Waals surface area (Å²) in [5.74, 6) is 0.0375. The Bertz CT molecular complexity index is 411. The molecule has 6 heteroatoms. The molecule has 1 N–H and O–H groups in total. The molecule has 0 bridgehead atoms. The van der Waals surface area contributed by atoms with Crippen molar-refractivity contribution in [2.45, 2.75) is 39.2 Å².